The Morgan fingerprint density at radius 1 is 1.05 bits per heavy atom. The van der Waals surface area contributed by atoms with E-state index in [1.165, 1.54) is 18.2 Å². The van der Waals surface area contributed by atoms with E-state index >= 15 is 0 Å². The number of pyridine rings is 1. The van der Waals surface area contributed by atoms with Gasteiger partial charge in [-0.3, -0.25) is 4.98 Å². The number of rotatable bonds is 2. The van der Waals surface area contributed by atoms with E-state index in [2.05, 4.69) is 4.98 Å². The summed E-state index contributed by atoms with van der Waals surface area (Å²) in [7, 11) is 0. The highest BCUT2D eigenvalue weighted by molar-refractivity contribution is 5.70. The number of aromatic nitrogens is 1. The van der Waals surface area contributed by atoms with Crippen LogP contribution in [0, 0.1) is 5.82 Å². The molecule has 2 nitrogen and oxygen atoms in total. The van der Waals surface area contributed by atoms with Gasteiger partial charge in [0.2, 0.25) is 0 Å². The quantitative estimate of drug-likeness (QED) is 0.849. The average Bonchev–Trinajstić information content (AvgIpc) is 2.37. The molecule has 6 heteroatoms. The standard InChI is InChI=1S/C13H9F4NO/c14-12-6-18-5-9(10(12)7-19)8-3-1-2-4-11(8)13(15,16)17/h1-6,19H,7H2. The van der Waals surface area contributed by atoms with Crippen molar-refractivity contribution in [2.75, 3.05) is 0 Å². The van der Waals surface area contributed by atoms with Gasteiger partial charge in [0, 0.05) is 17.3 Å². The molecule has 19 heavy (non-hydrogen) atoms. The fourth-order valence-electron chi connectivity index (χ4n) is 1.82. The maximum absolute atomic E-state index is 13.5. The molecule has 0 aliphatic heterocycles. The molecule has 2 rings (SSSR count). The first-order chi connectivity index (χ1) is 8.95. The second kappa shape index (κ2) is 4.97. The van der Waals surface area contributed by atoms with Crippen LogP contribution < -0.4 is 0 Å². The summed E-state index contributed by atoms with van der Waals surface area (Å²) < 4.78 is 52.1. The number of aliphatic hydroxyl groups is 1. The van der Waals surface area contributed by atoms with Gasteiger partial charge in [0.25, 0.3) is 0 Å². The summed E-state index contributed by atoms with van der Waals surface area (Å²) in [6.07, 6.45) is -2.60. The molecule has 1 aromatic carbocycles. The predicted molar refractivity (Wildman–Crippen MR) is 60.6 cm³/mol. The zero-order valence-corrected chi connectivity index (χ0v) is 9.58. The van der Waals surface area contributed by atoms with Crippen LogP contribution in [-0.4, -0.2) is 10.1 Å². The zero-order chi connectivity index (χ0) is 14.0. The van der Waals surface area contributed by atoms with E-state index in [9.17, 15) is 17.6 Å². The van der Waals surface area contributed by atoms with E-state index in [1.54, 1.807) is 0 Å². The monoisotopic (exact) mass is 271 g/mol. The number of aliphatic hydroxyl groups excluding tert-OH is 1. The van der Waals surface area contributed by atoms with Gasteiger partial charge in [-0.2, -0.15) is 13.2 Å². The van der Waals surface area contributed by atoms with Crippen LogP contribution in [0.25, 0.3) is 11.1 Å². The molecule has 0 aliphatic carbocycles. The molecule has 0 bridgehead atoms. The van der Waals surface area contributed by atoms with Crippen LogP contribution in [0.4, 0.5) is 17.6 Å². The topological polar surface area (TPSA) is 33.1 Å². The van der Waals surface area contributed by atoms with Gasteiger partial charge in [-0.15, -0.1) is 0 Å². The van der Waals surface area contributed by atoms with Crippen LogP contribution in [0.2, 0.25) is 0 Å². The Bertz CT molecular complexity index is 595. The van der Waals surface area contributed by atoms with Crippen molar-refractivity contribution in [1.82, 2.24) is 4.98 Å². The third-order valence-electron chi connectivity index (χ3n) is 2.69. The van der Waals surface area contributed by atoms with E-state index in [0.717, 1.165) is 18.5 Å². The first kappa shape index (κ1) is 13.5. The summed E-state index contributed by atoms with van der Waals surface area (Å²) in [5, 5.41) is 9.11. The molecule has 0 saturated heterocycles. The Morgan fingerprint density at radius 3 is 2.37 bits per heavy atom. The Kier molecular flexibility index (Phi) is 3.53. The summed E-state index contributed by atoms with van der Waals surface area (Å²) in [6, 6.07) is 4.79. The average molecular weight is 271 g/mol. The smallest absolute Gasteiger partial charge is 0.392 e. The molecule has 0 spiro atoms. The molecule has 100 valence electrons. The van der Waals surface area contributed by atoms with E-state index < -0.39 is 24.2 Å². The highest BCUT2D eigenvalue weighted by Crippen LogP contribution is 2.38. The second-order valence-corrected chi connectivity index (χ2v) is 3.85. The van der Waals surface area contributed by atoms with Crippen LogP contribution in [0.5, 0.6) is 0 Å². The molecule has 0 amide bonds. The third-order valence-corrected chi connectivity index (χ3v) is 2.69. The van der Waals surface area contributed by atoms with Gasteiger partial charge >= 0.3 is 6.18 Å². The van der Waals surface area contributed by atoms with E-state index in [-0.39, 0.29) is 16.7 Å². The van der Waals surface area contributed by atoms with Crippen molar-refractivity contribution < 1.29 is 22.7 Å². The summed E-state index contributed by atoms with van der Waals surface area (Å²) in [5.41, 5.74) is -1.36. The van der Waals surface area contributed by atoms with Gasteiger partial charge in [0.15, 0.2) is 0 Å². The number of hydrogen-bond acceptors (Lipinski definition) is 2. The molecule has 1 heterocycles. The highest BCUT2D eigenvalue weighted by atomic mass is 19.4. The summed E-state index contributed by atoms with van der Waals surface area (Å²) in [4.78, 5) is 3.54. The van der Waals surface area contributed by atoms with Crippen LogP contribution in [0.3, 0.4) is 0 Å². The lowest BCUT2D eigenvalue weighted by Gasteiger charge is -2.14. The third kappa shape index (κ3) is 2.58. The van der Waals surface area contributed by atoms with Crippen molar-refractivity contribution in [3.8, 4) is 11.1 Å². The SMILES string of the molecule is OCc1c(F)cncc1-c1ccccc1C(F)(F)F. The fourth-order valence-corrected chi connectivity index (χ4v) is 1.82. The van der Waals surface area contributed by atoms with Crippen LogP contribution >= 0.6 is 0 Å². The molecule has 1 N–H and O–H groups in total. The number of hydrogen-bond donors (Lipinski definition) is 1. The lowest BCUT2D eigenvalue weighted by Crippen LogP contribution is -2.08. The lowest BCUT2D eigenvalue weighted by molar-refractivity contribution is -0.137. The molecule has 0 aliphatic rings. The summed E-state index contributed by atoms with van der Waals surface area (Å²) >= 11 is 0. The number of nitrogens with zero attached hydrogens (tertiary/aromatic N) is 1. The van der Waals surface area contributed by atoms with Crippen molar-refractivity contribution in [2.24, 2.45) is 0 Å². The Hall–Kier alpha value is -1.95. The second-order valence-electron chi connectivity index (χ2n) is 3.85. The fraction of sp³-hybridized carbons (Fsp3) is 0.154. The van der Waals surface area contributed by atoms with E-state index in [4.69, 9.17) is 5.11 Å². The first-order valence-electron chi connectivity index (χ1n) is 5.35. The van der Waals surface area contributed by atoms with E-state index in [1.807, 2.05) is 0 Å². The molecule has 0 unspecified atom stereocenters. The molecule has 0 atom stereocenters. The van der Waals surface area contributed by atoms with Crippen LogP contribution in [0.1, 0.15) is 11.1 Å². The van der Waals surface area contributed by atoms with Gasteiger partial charge in [0.05, 0.1) is 18.4 Å². The zero-order valence-electron chi connectivity index (χ0n) is 9.58. The lowest BCUT2D eigenvalue weighted by atomic mass is 9.97. The Morgan fingerprint density at radius 2 is 1.74 bits per heavy atom. The van der Waals surface area contributed by atoms with E-state index in [0.29, 0.717) is 0 Å². The predicted octanol–water partition coefficient (Wildman–Crippen LogP) is 3.40. The Balaban J connectivity index is 2.70. The molecular weight excluding hydrogens is 262 g/mol. The Labute approximate surface area is 106 Å². The highest BCUT2D eigenvalue weighted by Gasteiger charge is 2.34. The van der Waals surface area contributed by atoms with Crippen LogP contribution in [0.15, 0.2) is 36.7 Å². The largest absolute Gasteiger partial charge is 0.417 e. The number of halogens is 4. The van der Waals surface area contributed by atoms with Crippen molar-refractivity contribution in [2.45, 2.75) is 12.8 Å². The summed E-state index contributed by atoms with van der Waals surface area (Å²) in [5.74, 6) is -0.836. The van der Waals surface area contributed by atoms with Crippen molar-refractivity contribution in [3.63, 3.8) is 0 Å². The number of alkyl halides is 3. The maximum atomic E-state index is 13.5. The van der Waals surface area contributed by atoms with Crippen LogP contribution in [-0.2, 0) is 12.8 Å². The van der Waals surface area contributed by atoms with Crippen molar-refractivity contribution in [3.05, 3.63) is 53.6 Å². The minimum Gasteiger partial charge on any atom is -0.392 e. The van der Waals surface area contributed by atoms with Crippen molar-refractivity contribution >= 4 is 0 Å². The minimum absolute atomic E-state index is 0.0598. The molecular formula is C13H9F4NO. The van der Waals surface area contributed by atoms with Crippen molar-refractivity contribution in [1.29, 1.82) is 0 Å². The first-order valence-corrected chi connectivity index (χ1v) is 5.35. The summed E-state index contributed by atoms with van der Waals surface area (Å²) in [6.45, 7) is -0.699. The van der Waals surface area contributed by atoms with Gasteiger partial charge in [-0.05, 0) is 11.6 Å². The maximum Gasteiger partial charge on any atom is 0.417 e. The molecule has 2 aromatic rings. The van der Waals surface area contributed by atoms with Gasteiger partial charge < -0.3 is 5.11 Å². The van der Waals surface area contributed by atoms with Gasteiger partial charge in [-0.25, -0.2) is 4.39 Å². The molecule has 1 aromatic heterocycles. The molecule has 0 fully saturated rings. The molecule has 0 saturated carbocycles. The van der Waals surface area contributed by atoms with Gasteiger partial charge in [-0.1, -0.05) is 18.2 Å². The molecule has 0 radical (unpaired) electrons. The minimum atomic E-state index is -4.56. The van der Waals surface area contributed by atoms with Gasteiger partial charge in [0.1, 0.15) is 5.82 Å². The normalized spacial score (nSPS) is 11.6. The number of benzene rings is 1.